The SMILES string of the molecule is COc1ccc(NC(=O)OCC(C)C)c(N)c1. The Bertz CT molecular complexity index is 391. The first kappa shape index (κ1) is 13.2. The zero-order valence-corrected chi connectivity index (χ0v) is 10.3. The Balaban J connectivity index is 2.59. The molecular weight excluding hydrogens is 220 g/mol. The first-order valence-corrected chi connectivity index (χ1v) is 5.40. The minimum Gasteiger partial charge on any atom is -0.497 e. The van der Waals surface area contributed by atoms with Gasteiger partial charge in [-0.15, -0.1) is 0 Å². The topological polar surface area (TPSA) is 73.6 Å². The van der Waals surface area contributed by atoms with Crippen molar-refractivity contribution in [2.75, 3.05) is 24.8 Å². The molecule has 5 nitrogen and oxygen atoms in total. The van der Waals surface area contributed by atoms with Crippen LogP contribution >= 0.6 is 0 Å². The summed E-state index contributed by atoms with van der Waals surface area (Å²) in [5, 5.41) is 2.58. The number of carbonyl (C=O) groups is 1. The van der Waals surface area contributed by atoms with Crippen LogP contribution in [0.1, 0.15) is 13.8 Å². The van der Waals surface area contributed by atoms with Gasteiger partial charge in [0, 0.05) is 6.07 Å². The van der Waals surface area contributed by atoms with Crippen LogP contribution in [0, 0.1) is 5.92 Å². The van der Waals surface area contributed by atoms with Gasteiger partial charge in [-0.1, -0.05) is 13.8 Å². The molecule has 0 radical (unpaired) electrons. The minimum atomic E-state index is -0.504. The van der Waals surface area contributed by atoms with Crippen LogP contribution in [0.4, 0.5) is 16.2 Å². The molecule has 0 saturated heterocycles. The molecular formula is C12H18N2O3. The van der Waals surface area contributed by atoms with Crippen LogP contribution in [0.5, 0.6) is 5.75 Å². The number of methoxy groups -OCH3 is 1. The number of ether oxygens (including phenoxy) is 2. The van der Waals surface area contributed by atoms with Crippen molar-refractivity contribution in [3.8, 4) is 5.75 Å². The Morgan fingerprint density at radius 2 is 2.18 bits per heavy atom. The molecule has 0 spiro atoms. The van der Waals surface area contributed by atoms with Crippen molar-refractivity contribution in [3.05, 3.63) is 18.2 Å². The van der Waals surface area contributed by atoms with Crippen molar-refractivity contribution in [1.29, 1.82) is 0 Å². The van der Waals surface area contributed by atoms with Crippen molar-refractivity contribution >= 4 is 17.5 Å². The predicted octanol–water partition coefficient (Wildman–Crippen LogP) is 2.48. The Morgan fingerprint density at radius 1 is 1.47 bits per heavy atom. The van der Waals surface area contributed by atoms with Crippen molar-refractivity contribution in [2.45, 2.75) is 13.8 Å². The van der Waals surface area contributed by atoms with Crippen LogP contribution in [0.3, 0.4) is 0 Å². The highest BCUT2D eigenvalue weighted by Gasteiger charge is 2.07. The van der Waals surface area contributed by atoms with Gasteiger partial charge in [-0.05, 0) is 18.1 Å². The molecule has 0 saturated carbocycles. The summed E-state index contributed by atoms with van der Waals surface area (Å²) in [6, 6.07) is 5.03. The van der Waals surface area contributed by atoms with Gasteiger partial charge in [0.2, 0.25) is 0 Å². The van der Waals surface area contributed by atoms with Crippen molar-refractivity contribution in [3.63, 3.8) is 0 Å². The van der Waals surface area contributed by atoms with Crippen molar-refractivity contribution in [1.82, 2.24) is 0 Å². The molecule has 0 aliphatic carbocycles. The third-order valence-corrected chi connectivity index (χ3v) is 2.04. The standard InChI is InChI=1S/C12H18N2O3/c1-8(2)7-17-12(15)14-11-5-4-9(16-3)6-10(11)13/h4-6,8H,7,13H2,1-3H3,(H,14,15). The molecule has 0 bridgehead atoms. The van der Waals surface area contributed by atoms with E-state index in [0.29, 0.717) is 29.6 Å². The summed E-state index contributed by atoms with van der Waals surface area (Å²) >= 11 is 0. The quantitative estimate of drug-likeness (QED) is 0.790. The molecule has 17 heavy (non-hydrogen) atoms. The van der Waals surface area contributed by atoms with Gasteiger partial charge in [0.25, 0.3) is 0 Å². The molecule has 1 amide bonds. The van der Waals surface area contributed by atoms with E-state index in [1.165, 1.54) is 0 Å². The lowest BCUT2D eigenvalue weighted by Crippen LogP contribution is -2.17. The van der Waals surface area contributed by atoms with E-state index in [2.05, 4.69) is 5.32 Å². The first-order valence-electron chi connectivity index (χ1n) is 5.40. The summed E-state index contributed by atoms with van der Waals surface area (Å²) in [5.41, 5.74) is 6.70. The summed E-state index contributed by atoms with van der Waals surface area (Å²) in [6.07, 6.45) is -0.504. The highest BCUT2D eigenvalue weighted by atomic mass is 16.5. The number of carbonyl (C=O) groups excluding carboxylic acids is 1. The summed E-state index contributed by atoms with van der Waals surface area (Å²) < 4.78 is 9.99. The predicted molar refractivity (Wildman–Crippen MR) is 67.2 cm³/mol. The second-order valence-corrected chi connectivity index (χ2v) is 4.07. The van der Waals surface area contributed by atoms with Crippen LogP contribution in [0.15, 0.2) is 18.2 Å². The molecule has 0 aliphatic rings. The van der Waals surface area contributed by atoms with Gasteiger partial charge in [0.1, 0.15) is 5.75 Å². The highest BCUT2D eigenvalue weighted by Crippen LogP contribution is 2.24. The average molecular weight is 238 g/mol. The Kier molecular flexibility index (Phi) is 4.63. The van der Waals surface area contributed by atoms with Gasteiger partial charge in [0.15, 0.2) is 0 Å². The molecule has 0 aliphatic heterocycles. The van der Waals surface area contributed by atoms with Gasteiger partial charge in [-0.2, -0.15) is 0 Å². The van der Waals surface area contributed by atoms with Crippen LogP contribution in [-0.4, -0.2) is 19.8 Å². The number of nitrogens with one attached hydrogen (secondary N) is 1. The molecule has 0 unspecified atom stereocenters. The molecule has 5 heteroatoms. The monoisotopic (exact) mass is 238 g/mol. The lowest BCUT2D eigenvalue weighted by molar-refractivity contribution is 0.147. The minimum absolute atomic E-state index is 0.300. The van der Waals surface area contributed by atoms with Gasteiger partial charge in [-0.25, -0.2) is 4.79 Å². The number of benzene rings is 1. The maximum atomic E-state index is 11.4. The Morgan fingerprint density at radius 3 is 2.71 bits per heavy atom. The number of nitrogens with two attached hydrogens (primary N) is 1. The van der Waals surface area contributed by atoms with Crippen LogP contribution in [-0.2, 0) is 4.74 Å². The molecule has 1 aromatic rings. The third-order valence-electron chi connectivity index (χ3n) is 2.04. The molecule has 0 aromatic heterocycles. The van der Waals surface area contributed by atoms with Crippen LogP contribution < -0.4 is 15.8 Å². The molecule has 3 N–H and O–H groups in total. The summed E-state index contributed by atoms with van der Waals surface area (Å²) in [7, 11) is 1.55. The van der Waals surface area contributed by atoms with Gasteiger partial charge in [-0.3, -0.25) is 5.32 Å². The number of anilines is 2. The number of rotatable bonds is 4. The summed E-state index contributed by atoms with van der Waals surface area (Å²) in [5.74, 6) is 0.942. The normalized spacial score (nSPS) is 10.1. The van der Waals surface area contributed by atoms with Gasteiger partial charge < -0.3 is 15.2 Å². The second kappa shape index (κ2) is 5.98. The van der Waals surface area contributed by atoms with E-state index >= 15 is 0 Å². The number of amides is 1. The molecule has 94 valence electrons. The van der Waals surface area contributed by atoms with Crippen molar-refractivity contribution in [2.24, 2.45) is 5.92 Å². The fourth-order valence-electron chi connectivity index (χ4n) is 1.17. The second-order valence-electron chi connectivity index (χ2n) is 4.07. The number of nitrogen functional groups attached to an aromatic ring is 1. The Labute approximate surface area is 101 Å². The maximum Gasteiger partial charge on any atom is 0.411 e. The van der Waals surface area contributed by atoms with E-state index in [1.54, 1.807) is 25.3 Å². The number of hydrogen-bond acceptors (Lipinski definition) is 4. The van der Waals surface area contributed by atoms with Crippen molar-refractivity contribution < 1.29 is 14.3 Å². The maximum absolute atomic E-state index is 11.4. The van der Waals surface area contributed by atoms with Gasteiger partial charge in [0.05, 0.1) is 25.1 Å². The fourth-order valence-corrected chi connectivity index (χ4v) is 1.17. The molecule has 0 atom stereocenters. The van der Waals surface area contributed by atoms with Crippen LogP contribution in [0.25, 0.3) is 0 Å². The lowest BCUT2D eigenvalue weighted by atomic mass is 10.2. The van der Waals surface area contributed by atoms with E-state index < -0.39 is 6.09 Å². The van der Waals surface area contributed by atoms with Crippen LogP contribution in [0.2, 0.25) is 0 Å². The summed E-state index contributed by atoms with van der Waals surface area (Å²) in [6.45, 7) is 4.31. The fraction of sp³-hybridized carbons (Fsp3) is 0.417. The summed E-state index contributed by atoms with van der Waals surface area (Å²) in [4.78, 5) is 11.4. The first-order chi connectivity index (χ1) is 8.02. The molecule has 1 aromatic carbocycles. The lowest BCUT2D eigenvalue weighted by Gasteiger charge is -2.11. The highest BCUT2D eigenvalue weighted by molar-refractivity contribution is 5.89. The average Bonchev–Trinajstić information content (AvgIpc) is 2.29. The van der Waals surface area contributed by atoms with E-state index in [-0.39, 0.29) is 0 Å². The molecule has 0 heterocycles. The Hall–Kier alpha value is -1.91. The zero-order valence-electron chi connectivity index (χ0n) is 10.3. The van der Waals surface area contributed by atoms with E-state index in [0.717, 1.165) is 0 Å². The van der Waals surface area contributed by atoms with E-state index in [9.17, 15) is 4.79 Å². The smallest absolute Gasteiger partial charge is 0.411 e. The largest absolute Gasteiger partial charge is 0.497 e. The zero-order chi connectivity index (χ0) is 12.8. The molecule has 0 fully saturated rings. The van der Waals surface area contributed by atoms with E-state index in [1.807, 2.05) is 13.8 Å². The molecule has 1 rings (SSSR count). The number of hydrogen-bond donors (Lipinski definition) is 2. The third kappa shape index (κ3) is 4.22. The van der Waals surface area contributed by atoms with E-state index in [4.69, 9.17) is 15.2 Å². The van der Waals surface area contributed by atoms with Gasteiger partial charge >= 0.3 is 6.09 Å².